The van der Waals surface area contributed by atoms with E-state index in [1.807, 2.05) is 42.5 Å². The van der Waals surface area contributed by atoms with Gasteiger partial charge >= 0.3 is 0 Å². The van der Waals surface area contributed by atoms with Gasteiger partial charge in [0.05, 0.1) is 38.8 Å². The third kappa shape index (κ3) is 4.03. The first-order valence-electron chi connectivity index (χ1n) is 11.4. The van der Waals surface area contributed by atoms with Crippen molar-refractivity contribution in [3.63, 3.8) is 0 Å². The summed E-state index contributed by atoms with van der Waals surface area (Å²) in [7, 11) is 1.65. The number of benzene rings is 2. The summed E-state index contributed by atoms with van der Waals surface area (Å²) in [4.78, 5) is 33.4. The Morgan fingerprint density at radius 2 is 1.76 bits per heavy atom. The van der Waals surface area contributed by atoms with E-state index >= 15 is 0 Å². The predicted molar refractivity (Wildman–Crippen MR) is 127 cm³/mol. The second-order valence-electron chi connectivity index (χ2n) is 8.77. The Morgan fingerprint density at radius 1 is 1.06 bits per heavy atom. The molecule has 7 heteroatoms. The maximum atomic E-state index is 12.9. The van der Waals surface area contributed by atoms with Gasteiger partial charge in [-0.2, -0.15) is 0 Å². The molecule has 2 saturated heterocycles. The number of aliphatic hydroxyl groups is 1. The maximum Gasteiger partial charge on any atom is 0.242 e. The maximum absolute atomic E-state index is 12.9. The molecule has 2 aliphatic rings. The molecule has 0 bridgehead atoms. The first-order chi connectivity index (χ1) is 16.6. The molecule has 34 heavy (non-hydrogen) atoms. The number of amides is 2. The summed E-state index contributed by atoms with van der Waals surface area (Å²) in [5, 5.41) is 10.0. The SMILES string of the molecule is COc1ccc(-c2ccc([C@H]3[C@H]4CN(C(=O)Cc5ccccn5)CC(=O)N4[C@H]3CO)cc2)cc1. The molecule has 1 aromatic heterocycles. The van der Waals surface area contributed by atoms with E-state index in [-0.39, 0.29) is 49.4 Å². The molecule has 5 rings (SSSR count). The summed E-state index contributed by atoms with van der Waals surface area (Å²) in [6, 6.07) is 21.2. The lowest BCUT2D eigenvalue weighted by Gasteiger charge is -2.58. The topological polar surface area (TPSA) is 83.0 Å². The molecule has 174 valence electrons. The highest BCUT2D eigenvalue weighted by molar-refractivity contribution is 5.88. The first kappa shape index (κ1) is 22.1. The standard InChI is InChI=1S/C27H27N3O4/c1-34-22-11-9-19(10-12-22)18-5-7-20(8-6-18)27-23-15-29(16-26(33)30(23)24(27)17-31)25(32)14-21-4-2-3-13-28-21/h2-13,23-24,27,31H,14-17H2,1H3/t23-,24+,27+/m1/s1. The van der Waals surface area contributed by atoms with Crippen LogP contribution in [0, 0.1) is 0 Å². The van der Waals surface area contributed by atoms with Crippen molar-refractivity contribution in [2.45, 2.75) is 24.4 Å². The molecular weight excluding hydrogens is 430 g/mol. The van der Waals surface area contributed by atoms with Gasteiger partial charge in [0.25, 0.3) is 0 Å². The molecule has 2 fully saturated rings. The van der Waals surface area contributed by atoms with Crippen LogP contribution in [0.3, 0.4) is 0 Å². The highest BCUT2D eigenvalue weighted by Crippen LogP contribution is 2.43. The Hall–Kier alpha value is -3.71. The Labute approximate surface area is 198 Å². The molecule has 7 nitrogen and oxygen atoms in total. The number of aliphatic hydroxyl groups excluding tert-OH is 1. The van der Waals surface area contributed by atoms with Crippen molar-refractivity contribution in [3.8, 4) is 16.9 Å². The monoisotopic (exact) mass is 457 g/mol. The van der Waals surface area contributed by atoms with Gasteiger partial charge in [0.1, 0.15) is 5.75 Å². The molecule has 2 aromatic carbocycles. The molecule has 3 heterocycles. The van der Waals surface area contributed by atoms with Crippen LogP contribution in [0.1, 0.15) is 17.2 Å². The van der Waals surface area contributed by atoms with Crippen molar-refractivity contribution >= 4 is 11.8 Å². The average Bonchev–Trinajstić information content (AvgIpc) is 2.86. The molecule has 3 aromatic rings. The number of hydrogen-bond acceptors (Lipinski definition) is 5. The summed E-state index contributed by atoms with van der Waals surface area (Å²) < 4.78 is 5.23. The van der Waals surface area contributed by atoms with Crippen molar-refractivity contribution < 1.29 is 19.4 Å². The lowest BCUT2D eigenvalue weighted by molar-refractivity contribution is -0.166. The van der Waals surface area contributed by atoms with Gasteiger partial charge in [-0.1, -0.05) is 42.5 Å². The second kappa shape index (κ2) is 9.27. The minimum atomic E-state index is -0.266. The lowest BCUT2D eigenvalue weighted by atomic mass is 9.73. The largest absolute Gasteiger partial charge is 0.497 e. The number of carbonyl (C=O) groups is 2. The second-order valence-corrected chi connectivity index (χ2v) is 8.77. The fraction of sp³-hybridized carbons (Fsp3) is 0.296. The summed E-state index contributed by atoms with van der Waals surface area (Å²) in [6.45, 7) is 0.398. The first-order valence-corrected chi connectivity index (χ1v) is 11.4. The number of methoxy groups -OCH3 is 1. The molecule has 0 spiro atoms. The van der Waals surface area contributed by atoms with Crippen LogP contribution in [0.2, 0.25) is 0 Å². The van der Waals surface area contributed by atoms with Crippen LogP contribution >= 0.6 is 0 Å². The Bertz CT molecular complexity index is 1160. The summed E-state index contributed by atoms with van der Waals surface area (Å²) in [5.74, 6) is 0.567. The van der Waals surface area contributed by atoms with Gasteiger partial charge in [-0.3, -0.25) is 14.6 Å². The van der Waals surface area contributed by atoms with E-state index in [1.165, 1.54) is 0 Å². The van der Waals surface area contributed by atoms with Crippen molar-refractivity contribution in [3.05, 3.63) is 84.2 Å². The zero-order valence-electron chi connectivity index (χ0n) is 19.0. The number of nitrogens with zero attached hydrogens (tertiary/aromatic N) is 3. The number of rotatable bonds is 6. The highest BCUT2D eigenvalue weighted by Gasteiger charge is 2.54. The number of pyridine rings is 1. The normalized spacial score (nSPS) is 21.6. The Morgan fingerprint density at radius 3 is 2.38 bits per heavy atom. The van der Waals surface area contributed by atoms with Crippen molar-refractivity contribution in [1.29, 1.82) is 0 Å². The third-order valence-electron chi connectivity index (χ3n) is 6.88. The van der Waals surface area contributed by atoms with Crippen LogP contribution in [0.5, 0.6) is 5.75 Å². The fourth-order valence-corrected chi connectivity index (χ4v) is 5.14. The minimum absolute atomic E-state index is 0.0238. The average molecular weight is 458 g/mol. The smallest absolute Gasteiger partial charge is 0.242 e. The van der Waals surface area contributed by atoms with E-state index in [0.717, 1.165) is 22.4 Å². The van der Waals surface area contributed by atoms with Gasteiger partial charge in [-0.05, 0) is 41.0 Å². The number of aromatic nitrogens is 1. The molecule has 3 atom stereocenters. The van der Waals surface area contributed by atoms with E-state index in [1.54, 1.807) is 23.1 Å². The van der Waals surface area contributed by atoms with Gasteiger partial charge in [0.2, 0.25) is 11.8 Å². The van der Waals surface area contributed by atoms with Gasteiger partial charge < -0.3 is 19.6 Å². The van der Waals surface area contributed by atoms with Gasteiger partial charge in [-0.15, -0.1) is 0 Å². The Balaban J connectivity index is 1.33. The third-order valence-corrected chi connectivity index (χ3v) is 6.88. The van der Waals surface area contributed by atoms with Crippen LogP contribution < -0.4 is 4.74 Å². The molecule has 2 amide bonds. The van der Waals surface area contributed by atoms with E-state index in [4.69, 9.17) is 4.74 Å². The molecule has 0 saturated carbocycles. The van der Waals surface area contributed by atoms with E-state index in [2.05, 4.69) is 29.2 Å². The number of carbonyl (C=O) groups excluding carboxylic acids is 2. The quantitative estimate of drug-likeness (QED) is 0.615. The molecule has 1 N–H and O–H groups in total. The molecule has 2 aliphatic heterocycles. The summed E-state index contributed by atoms with van der Waals surface area (Å²) in [6.07, 6.45) is 1.83. The number of ether oxygens (including phenoxy) is 1. The summed E-state index contributed by atoms with van der Waals surface area (Å²) >= 11 is 0. The Kier molecular flexibility index (Phi) is 6.02. The van der Waals surface area contributed by atoms with E-state index < -0.39 is 0 Å². The molecule has 0 aliphatic carbocycles. The van der Waals surface area contributed by atoms with Gasteiger partial charge in [0.15, 0.2) is 0 Å². The van der Waals surface area contributed by atoms with Gasteiger partial charge in [0, 0.05) is 24.4 Å². The van der Waals surface area contributed by atoms with Crippen LogP contribution in [0.4, 0.5) is 0 Å². The molecule has 0 unspecified atom stereocenters. The number of hydrogen-bond donors (Lipinski definition) is 1. The molecular formula is C27H27N3O4. The van der Waals surface area contributed by atoms with Gasteiger partial charge in [-0.25, -0.2) is 0 Å². The van der Waals surface area contributed by atoms with Crippen molar-refractivity contribution in [2.75, 3.05) is 26.8 Å². The zero-order valence-corrected chi connectivity index (χ0v) is 19.0. The van der Waals surface area contributed by atoms with Crippen LogP contribution in [-0.2, 0) is 16.0 Å². The minimum Gasteiger partial charge on any atom is -0.497 e. The number of piperazine rings is 1. The number of fused-ring (bicyclic) bond motifs is 1. The van der Waals surface area contributed by atoms with Crippen molar-refractivity contribution in [2.24, 2.45) is 0 Å². The highest BCUT2D eigenvalue weighted by atomic mass is 16.5. The van der Waals surface area contributed by atoms with E-state index in [0.29, 0.717) is 12.2 Å². The molecule has 0 radical (unpaired) electrons. The van der Waals surface area contributed by atoms with Crippen LogP contribution in [-0.4, -0.2) is 70.6 Å². The zero-order chi connectivity index (χ0) is 23.7. The van der Waals surface area contributed by atoms with Crippen LogP contribution in [0.25, 0.3) is 11.1 Å². The predicted octanol–water partition coefficient (Wildman–Crippen LogP) is 2.50. The summed E-state index contributed by atoms with van der Waals surface area (Å²) in [5.41, 5.74) is 3.91. The van der Waals surface area contributed by atoms with E-state index in [9.17, 15) is 14.7 Å². The lowest BCUT2D eigenvalue weighted by Crippen LogP contribution is -2.73. The fourth-order valence-electron chi connectivity index (χ4n) is 5.14. The van der Waals surface area contributed by atoms with Crippen LogP contribution in [0.15, 0.2) is 72.9 Å². The van der Waals surface area contributed by atoms with Crippen molar-refractivity contribution in [1.82, 2.24) is 14.8 Å².